The van der Waals surface area contributed by atoms with Gasteiger partial charge in [0.05, 0.1) is 17.5 Å². The highest BCUT2D eigenvalue weighted by Gasteiger charge is 2.34. The third kappa shape index (κ3) is 3.98. The molecule has 5 rings (SSSR count). The Hall–Kier alpha value is -3.54. The summed E-state index contributed by atoms with van der Waals surface area (Å²) in [4.78, 5) is 0. The van der Waals surface area contributed by atoms with Crippen LogP contribution in [0, 0.1) is 11.3 Å². The van der Waals surface area contributed by atoms with E-state index in [0.717, 1.165) is 16.7 Å². The molecule has 0 radical (unpaired) electrons. The zero-order chi connectivity index (χ0) is 23.8. The number of halogens is 2. The molecular formula is C25H18BrClN2O5. The zero-order valence-electron chi connectivity index (χ0n) is 17.9. The summed E-state index contributed by atoms with van der Waals surface area (Å²) in [7, 11) is 1.56. The quantitative estimate of drug-likeness (QED) is 0.447. The van der Waals surface area contributed by atoms with Crippen molar-refractivity contribution in [1.29, 1.82) is 5.26 Å². The fourth-order valence-corrected chi connectivity index (χ4v) is 4.81. The summed E-state index contributed by atoms with van der Waals surface area (Å²) < 4.78 is 29.1. The largest absolute Gasteiger partial charge is 0.493 e. The van der Waals surface area contributed by atoms with Crippen LogP contribution in [-0.4, -0.2) is 13.9 Å². The van der Waals surface area contributed by atoms with Crippen molar-refractivity contribution in [3.8, 4) is 34.8 Å². The molecule has 0 amide bonds. The number of ether oxygens (including phenoxy) is 5. The molecule has 0 saturated heterocycles. The van der Waals surface area contributed by atoms with Crippen LogP contribution in [0.3, 0.4) is 0 Å². The number of nitrogens with two attached hydrogens (primary N) is 1. The SMILES string of the molecule is COc1cc([C@H]2C(C#N)=C(N)Oc3cc4c(cc32)OCO4)cc(Br)c1OCc1cccc(Cl)c1. The van der Waals surface area contributed by atoms with Gasteiger partial charge in [0.25, 0.3) is 0 Å². The van der Waals surface area contributed by atoms with Gasteiger partial charge in [-0.25, -0.2) is 0 Å². The van der Waals surface area contributed by atoms with E-state index in [1.807, 2.05) is 36.4 Å². The lowest BCUT2D eigenvalue weighted by Gasteiger charge is -2.27. The zero-order valence-corrected chi connectivity index (χ0v) is 20.3. The minimum Gasteiger partial charge on any atom is -0.493 e. The third-order valence-electron chi connectivity index (χ3n) is 5.57. The van der Waals surface area contributed by atoms with Crippen LogP contribution in [0.4, 0.5) is 0 Å². The van der Waals surface area contributed by atoms with Crippen LogP contribution in [0.5, 0.6) is 28.7 Å². The first-order valence-corrected chi connectivity index (χ1v) is 11.4. The Bertz CT molecular complexity index is 1370. The second-order valence-corrected chi connectivity index (χ2v) is 8.91. The minimum absolute atomic E-state index is 0.0373. The van der Waals surface area contributed by atoms with Gasteiger partial charge in [0.1, 0.15) is 24.0 Å². The van der Waals surface area contributed by atoms with Gasteiger partial charge in [-0.3, -0.25) is 0 Å². The lowest BCUT2D eigenvalue weighted by Crippen LogP contribution is -2.21. The number of allylic oxidation sites excluding steroid dienone is 1. The maximum atomic E-state index is 9.89. The monoisotopic (exact) mass is 540 g/mol. The first-order chi connectivity index (χ1) is 16.5. The second-order valence-electron chi connectivity index (χ2n) is 7.62. The number of hydrogen-bond donors (Lipinski definition) is 1. The molecule has 9 heteroatoms. The molecule has 172 valence electrons. The average molecular weight is 542 g/mol. The molecule has 0 spiro atoms. The summed E-state index contributed by atoms with van der Waals surface area (Å²) in [5.41, 5.74) is 8.83. The molecule has 0 aromatic heterocycles. The Labute approximate surface area is 209 Å². The first kappa shape index (κ1) is 22.3. The van der Waals surface area contributed by atoms with E-state index in [1.165, 1.54) is 0 Å². The molecule has 2 aliphatic rings. The molecule has 2 heterocycles. The van der Waals surface area contributed by atoms with E-state index in [4.69, 9.17) is 41.0 Å². The summed E-state index contributed by atoms with van der Waals surface area (Å²) >= 11 is 9.68. The van der Waals surface area contributed by atoms with E-state index in [0.29, 0.717) is 44.8 Å². The molecule has 7 nitrogen and oxygen atoms in total. The summed E-state index contributed by atoms with van der Waals surface area (Å²) in [6.07, 6.45) is 0. The molecule has 3 aromatic rings. The summed E-state index contributed by atoms with van der Waals surface area (Å²) in [6, 6.07) is 16.9. The highest BCUT2D eigenvalue weighted by atomic mass is 79.9. The van der Waals surface area contributed by atoms with Crippen molar-refractivity contribution in [1.82, 2.24) is 0 Å². The van der Waals surface area contributed by atoms with Gasteiger partial charge in [0.2, 0.25) is 12.7 Å². The Kier molecular flexibility index (Phi) is 5.90. The Balaban J connectivity index is 1.56. The summed E-state index contributed by atoms with van der Waals surface area (Å²) in [5, 5.41) is 10.5. The van der Waals surface area contributed by atoms with E-state index >= 15 is 0 Å². The van der Waals surface area contributed by atoms with Gasteiger partial charge in [0.15, 0.2) is 23.0 Å². The number of benzene rings is 3. The van der Waals surface area contributed by atoms with Crippen molar-refractivity contribution in [2.24, 2.45) is 5.73 Å². The molecule has 2 aliphatic heterocycles. The van der Waals surface area contributed by atoms with E-state index in [2.05, 4.69) is 22.0 Å². The number of nitriles is 1. The molecule has 3 aromatic carbocycles. The lowest BCUT2D eigenvalue weighted by molar-refractivity contribution is 0.174. The van der Waals surface area contributed by atoms with E-state index in [1.54, 1.807) is 19.2 Å². The van der Waals surface area contributed by atoms with Crippen molar-refractivity contribution < 1.29 is 23.7 Å². The van der Waals surface area contributed by atoms with Crippen molar-refractivity contribution in [3.05, 3.63) is 86.2 Å². The lowest BCUT2D eigenvalue weighted by atomic mass is 9.83. The van der Waals surface area contributed by atoms with Crippen LogP contribution in [-0.2, 0) is 6.61 Å². The highest BCUT2D eigenvalue weighted by molar-refractivity contribution is 9.10. The van der Waals surface area contributed by atoms with Crippen LogP contribution in [0.15, 0.2) is 64.5 Å². The fourth-order valence-electron chi connectivity index (χ4n) is 4.02. The summed E-state index contributed by atoms with van der Waals surface area (Å²) in [6.45, 7) is 0.420. The van der Waals surface area contributed by atoms with Crippen molar-refractivity contribution in [2.75, 3.05) is 13.9 Å². The molecule has 0 saturated carbocycles. The molecule has 0 unspecified atom stereocenters. The number of nitrogens with zero attached hydrogens (tertiary/aromatic N) is 1. The maximum absolute atomic E-state index is 9.89. The molecule has 2 N–H and O–H groups in total. The van der Waals surface area contributed by atoms with Gasteiger partial charge >= 0.3 is 0 Å². The average Bonchev–Trinajstić information content (AvgIpc) is 3.28. The third-order valence-corrected chi connectivity index (χ3v) is 6.39. The van der Waals surface area contributed by atoms with Crippen LogP contribution >= 0.6 is 27.5 Å². The normalized spacial score (nSPS) is 15.9. The Morgan fingerprint density at radius 2 is 1.94 bits per heavy atom. The molecule has 0 aliphatic carbocycles. The van der Waals surface area contributed by atoms with Crippen LogP contribution < -0.4 is 29.4 Å². The standard InChI is InChI=1S/C25H18BrClN2O5/c1-30-22-7-14(6-18(26)24(22)31-11-13-3-2-4-15(27)5-13)23-16-8-20-21(33-12-32-20)9-19(16)34-25(29)17(23)10-28/h2-9,23H,11-12,29H2,1H3/t23-/m1/s1. The van der Waals surface area contributed by atoms with Gasteiger partial charge < -0.3 is 29.4 Å². The molecule has 0 fully saturated rings. The number of fused-ring (bicyclic) bond motifs is 2. The predicted octanol–water partition coefficient (Wildman–Crippen LogP) is 5.64. The molecule has 1 atom stereocenters. The van der Waals surface area contributed by atoms with Crippen molar-refractivity contribution in [3.63, 3.8) is 0 Å². The Morgan fingerprint density at radius 3 is 2.68 bits per heavy atom. The van der Waals surface area contributed by atoms with Gasteiger partial charge in [-0.05, 0) is 57.4 Å². The van der Waals surface area contributed by atoms with Gasteiger partial charge in [-0.15, -0.1) is 0 Å². The fraction of sp³-hybridized carbons (Fsp3) is 0.160. The molecular weight excluding hydrogens is 524 g/mol. The van der Waals surface area contributed by atoms with Crippen LogP contribution in [0.2, 0.25) is 5.02 Å². The van der Waals surface area contributed by atoms with E-state index < -0.39 is 5.92 Å². The van der Waals surface area contributed by atoms with Gasteiger partial charge in [-0.1, -0.05) is 23.7 Å². The van der Waals surface area contributed by atoms with Gasteiger partial charge in [-0.2, -0.15) is 5.26 Å². The van der Waals surface area contributed by atoms with Crippen LogP contribution in [0.25, 0.3) is 0 Å². The van der Waals surface area contributed by atoms with E-state index in [-0.39, 0.29) is 18.2 Å². The van der Waals surface area contributed by atoms with E-state index in [9.17, 15) is 5.26 Å². The molecule has 34 heavy (non-hydrogen) atoms. The van der Waals surface area contributed by atoms with Gasteiger partial charge in [0, 0.05) is 16.7 Å². The minimum atomic E-state index is -0.504. The van der Waals surface area contributed by atoms with Crippen LogP contribution in [0.1, 0.15) is 22.6 Å². The second kappa shape index (κ2) is 9.01. The first-order valence-electron chi connectivity index (χ1n) is 10.2. The smallest absolute Gasteiger partial charge is 0.231 e. The maximum Gasteiger partial charge on any atom is 0.231 e. The predicted molar refractivity (Wildman–Crippen MR) is 128 cm³/mol. The number of hydrogen-bond acceptors (Lipinski definition) is 7. The summed E-state index contributed by atoms with van der Waals surface area (Å²) in [5.74, 6) is 2.20. The highest BCUT2D eigenvalue weighted by Crippen LogP contribution is 2.50. The molecule has 0 bridgehead atoms. The Morgan fingerprint density at radius 1 is 1.15 bits per heavy atom. The number of methoxy groups -OCH3 is 1. The topological polar surface area (TPSA) is 96.0 Å². The number of rotatable bonds is 5. The van der Waals surface area contributed by atoms with Crippen molar-refractivity contribution in [2.45, 2.75) is 12.5 Å². The van der Waals surface area contributed by atoms with Crippen molar-refractivity contribution >= 4 is 27.5 Å².